The van der Waals surface area contributed by atoms with Crippen molar-refractivity contribution in [1.29, 1.82) is 0 Å². The summed E-state index contributed by atoms with van der Waals surface area (Å²) in [4.78, 5) is 0.326. The molecule has 114 valence electrons. The summed E-state index contributed by atoms with van der Waals surface area (Å²) in [5, 5.41) is 10.8. The molecular weight excluding hydrogens is 320 g/mol. The second-order valence-electron chi connectivity index (χ2n) is 4.22. The monoisotopic (exact) mass is 333 g/mol. The summed E-state index contributed by atoms with van der Waals surface area (Å²) in [6.45, 7) is -0.801. The second kappa shape index (κ2) is 6.61. The van der Waals surface area contributed by atoms with E-state index in [0.29, 0.717) is 6.42 Å². The Hall–Kier alpha value is -1.35. The van der Waals surface area contributed by atoms with Gasteiger partial charge in [0.25, 0.3) is 0 Å². The van der Waals surface area contributed by atoms with Crippen LogP contribution in [0, 0.1) is 11.6 Å². The number of nitrogens with one attached hydrogen (secondary N) is 1. The Morgan fingerprint density at radius 1 is 1.24 bits per heavy atom. The third-order valence-corrected chi connectivity index (χ3v) is 5.26. The molecule has 2 N–H and O–H groups in total. The van der Waals surface area contributed by atoms with Gasteiger partial charge in [0.05, 0.1) is 12.2 Å². The minimum Gasteiger partial charge on any atom is -0.391 e. The Morgan fingerprint density at radius 3 is 2.62 bits per heavy atom. The minimum absolute atomic E-state index is 0.105. The number of benzene rings is 1. The van der Waals surface area contributed by atoms with Gasteiger partial charge in [0.15, 0.2) is 5.82 Å². The van der Waals surface area contributed by atoms with Gasteiger partial charge < -0.3 is 5.11 Å². The van der Waals surface area contributed by atoms with E-state index >= 15 is 0 Å². The number of halogens is 2. The van der Waals surface area contributed by atoms with Crippen molar-refractivity contribution in [3.8, 4) is 0 Å². The fourth-order valence-electron chi connectivity index (χ4n) is 1.77. The van der Waals surface area contributed by atoms with Gasteiger partial charge in [-0.2, -0.15) is 0 Å². The molecule has 0 amide bonds. The van der Waals surface area contributed by atoms with Crippen LogP contribution in [0.4, 0.5) is 8.78 Å². The first-order valence-electron chi connectivity index (χ1n) is 6.05. The second-order valence-corrected chi connectivity index (χ2v) is 6.99. The van der Waals surface area contributed by atoms with Gasteiger partial charge >= 0.3 is 0 Å². The number of hydrogen-bond donors (Lipinski definition) is 2. The summed E-state index contributed by atoms with van der Waals surface area (Å²) in [7, 11) is -4.09. The van der Waals surface area contributed by atoms with Gasteiger partial charge in [-0.3, -0.25) is 0 Å². The van der Waals surface area contributed by atoms with Crippen LogP contribution < -0.4 is 4.72 Å². The molecule has 0 aliphatic heterocycles. The van der Waals surface area contributed by atoms with Crippen molar-refractivity contribution in [2.75, 3.05) is 6.54 Å². The lowest BCUT2D eigenvalue weighted by atomic mass is 10.2. The maximum Gasteiger partial charge on any atom is 0.243 e. The Kier molecular flexibility index (Phi) is 5.04. The molecule has 1 aromatic heterocycles. The quantitative estimate of drug-likeness (QED) is 0.850. The molecule has 0 radical (unpaired) electrons. The molecule has 0 saturated heterocycles. The topological polar surface area (TPSA) is 66.4 Å². The third-order valence-electron chi connectivity index (χ3n) is 2.84. The van der Waals surface area contributed by atoms with Crippen LogP contribution in [-0.2, 0) is 23.1 Å². The van der Waals surface area contributed by atoms with E-state index < -0.39 is 38.7 Å². The van der Waals surface area contributed by atoms with Crippen LogP contribution in [0.25, 0.3) is 0 Å². The minimum atomic E-state index is -4.09. The molecule has 0 fully saturated rings. The first-order chi connectivity index (χ1) is 9.95. The predicted molar refractivity (Wildman–Crippen MR) is 75.5 cm³/mol. The number of aliphatic hydroxyl groups is 1. The van der Waals surface area contributed by atoms with Gasteiger partial charge in [-0.05, 0) is 30.0 Å². The summed E-state index contributed by atoms with van der Waals surface area (Å²) in [6, 6.07) is 5.38. The highest BCUT2D eigenvalue weighted by Gasteiger charge is 2.22. The van der Waals surface area contributed by atoms with E-state index in [0.717, 1.165) is 17.0 Å². The van der Waals surface area contributed by atoms with E-state index in [1.807, 2.05) is 17.5 Å². The zero-order valence-corrected chi connectivity index (χ0v) is 12.5. The largest absolute Gasteiger partial charge is 0.391 e. The van der Waals surface area contributed by atoms with Gasteiger partial charge in [0.2, 0.25) is 10.0 Å². The molecule has 4 nitrogen and oxygen atoms in total. The molecule has 2 aromatic rings. The van der Waals surface area contributed by atoms with Gasteiger partial charge in [0.1, 0.15) is 10.7 Å². The molecule has 0 saturated carbocycles. The van der Waals surface area contributed by atoms with Crippen molar-refractivity contribution in [2.45, 2.75) is 17.9 Å². The molecule has 0 aliphatic carbocycles. The molecule has 0 unspecified atom stereocenters. The normalized spacial score (nSPS) is 11.8. The average Bonchev–Trinajstić information content (AvgIpc) is 2.92. The van der Waals surface area contributed by atoms with E-state index in [4.69, 9.17) is 5.11 Å². The molecule has 2 rings (SSSR count). The van der Waals surface area contributed by atoms with Crippen molar-refractivity contribution in [2.24, 2.45) is 0 Å². The summed E-state index contributed by atoms with van der Waals surface area (Å²) in [5.74, 6) is -2.24. The van der Waals surface area contributed by atoms with E-state index in [1.165, 1.54) is 11.3 Å². The molecule has 21 heavy (non-hydrogen) atoms. The molecule has 0 atom stereocenters. The van der Waals surface area contributed by atoms with Crippen LogP contribution in [0.2, 0.25) is 0 Å². The zero-order chi connectivity index (χ0) is 15.5. The van der Waals surface area contributed by atoms with E-state index in [1.54, 1.807) is 0 Å². The zero-order valence-electron chi connectivity index (χ0n) is 10.8. The number of aliphatic hydroxyl groups excluding tert-OH is 1. The van der Waals surface area contributed by atoms with Crippen LogP contribution in [0.5, 0.6) is 0 Å². The van der Waals surface area contributed by atoms with Gasteiger partial charge in [-0.15, -0.1) is 11.3 Å². The Labute approximate surface area is 125 Å². The molecular formula is C13H13F2NO3S2. The fourth-order valence-corrected chi connectivity index (χ4v) is 3.61. The van der Waals surface area contributed by atoms with Crippen molar-refractivity contribution in [3.63, 3.8) is 0 Å². The molecule has 0 spiro atoms. The van der Waals surface area contributed by atoms with Gasteiger partial charge in [0, 0.05) is 11.4 Å². The first-order valence-corrected chi connectivity index (χ1v) is 8.42. The number of thiophene rings is 1. The highest BCUT2D eigenvalue weighted by molar-refractivity contribution is 7.89. The van der Waals surface area contributed by atoms with Gasteiger partial charge in [-0.1, -0.05) is 6.07 Å². The third kappa shape index (κ3) is 3.65. The lowest BCUT2D eigenvalue weighted by Crippen LogP contribution is -2.27. The smallest absolute Gasteiger partial charge is 0.243 e. The van der Waals surface area contributed by atoms with Crippen molar-refractivity contribution >= 4 is 21.4 Å². The highest BCUT2D eigenvalue weighted by atomic mass is 32.2. The predicted octanol–water partition coefficient (Wildman–Crippen LogP) is 2.04. The van der Waals surface area contributed by atoms with E-state index in [-0.39, 0.29) is 6.54 Å². The standard InChI is InChI=1S/C13H13F2NO3S2/c14-11-3-4-12(13(15)10(11)8-17)21(18,19)16-6-5-9-2-1-7-20-9/h1-4,7,16-17H,5-6,8H2. The van der Waals surface area contributed by atoms with Crippen LogP contribution in [-0.4, -0.2) is 20.1 Å². The SMILES string of the molecule is O=S(=O)(NCCc1cccs1)c1ccc(F)c(CO)c1F. The number of sulfonamides is 1. The number of hydrogen-bond acceptors (Lipinski definition) is 4. The Morgan fingerprint density at radius 2 is 2.00 bits per heavy atom. The maximum atomic E-state index is 13.9. The molecule has 1 heterocycles. The van der Waals surface area contributed by atoms with Crippen LogP contribution in [0.1, 0.15) is 10.4 Å². The average molecular weight is 333 g/mol. The van der Waals surface area contributed by atoms with E-state index in [2.05, 4.69) is 4.72 Å². The highest BCUT2D eigenvalue weighted by Crippen LogP contribution is 2.21. The van der Waals surface area contributed by atoms with Crippen LogP contribution in [0.3, 0.4) is 0 Å². The Balaban J connectivity index is 2.16. The number of rotatable bonds is 6. The molecule has 1 aromatic carbocycles. The summed E-state index contributed by atoms with van der Waals surface area (Å²) >= 11 is 1.49. The van der Waals surface area contributed by atoms with Crippen LogP contribution in [0.15, 0.2) is 34.5 Å². The van der Waals surface area contributed by atoms with Crippen molar-refractivity contribution < 1.29 is 22.3 Å². The summed E-state index contributed by atoms with van der Waals surface area (Å²) < 4.78 is 53.4. The van der Waals surface area contributed by atoms with Crippen molar-refractivity contribution in [3.05, 3.63) is 51.7 Å². The lowest BCUT2D eigenvalue weighted by molar-refractivity contribution is 0.267. The van der Waals surface area contributed by atoms with E-state index in [9.17, 15) is 17.2 Å². The van der Waals surface area contributed by atoms with Gasteiger partial charge in [-0.25, -0.2) is 21.9 Å². The maximum absolute atomic E-state index is 13.9. The summed E-state index contributed by atoms with van der Waals surface area (Å²) in [6.07, 6.45) is 0.479. The molecule has 8 heteroatoms. The first kappa shape index (κ1) is 16.0. The molecule has 0 aliphatic rings. The van der Waals surface area contributed by atoms with Crippen molar-refractivity contribution in [1.82, 2.24) is 4.72 Å². The summed E-state index contributed by atoms with van der Waals surface area (Å²) in [5.41, 5.74) is -0.656. The fraction of sp³-hybridized carbons (Fsp3) is 0.231. The Bertz CT molecular complexity index is 715. The molecule has 0 bridgehead atoms. The lowest BCUT2D eigenvalue weighted by Gasteiger charge is -2.10. The van der Waals surface area contributed by atoms with Crippen LogP contribution >= 0.6 is 11.3 Å².